The van der Waals surface area contributed by atoms with Gasteiger partial charge in [-0.25, -0.2) is 4.79 Å². The molecular weight excluding hydrogens is 270 g/mol. The number of unbranched alkanes of at least 4 members (excludes halogenated alkanes) is 1. The molecule has 0 saturated carbocycles. The van der Waals surface area contributed by atoms with E-state index in [0.29, 0.717) is 19.6 Å². The molecule has 5 nitrogen and oxygen atoms in total. The fourth-order valence-electron chi connectivity index (χ4n) is 2.99. The summed E-state index contributed by atoms with van der Waals surface area (Å²) >= 11 is 0. The van der Waals surface area contributed by atoms with Crippen molar-refractivity contribution < 1.29 is 19.7 Å². The van der Waals surface area contributed by atoms with E-state index in [9.17, 15) is 15.0 Å². The van der Waals surface area contributed by atoms with E-state index in [1.165, 1.54) is 11.0 Å². The Hall–Kier alpha value is -1.07. The zero-order valence-electron chi connectivity index (χ0n) is 13.4. The monoisotopic (exact) mass is 299 g/mol. The van der Waals surface area contributed by atoms with E-state index in [4.69, 9.17) is 4.74 Å². The lowest BCUT2D eigenvalue weighted by Crippen LogP contribution is -2.48. The number of carboxylic acid groups (broad SMARTS) is 1. The van der Waals surface area contributed by atoms with Crippen LogP contribution in [0.25, 0.3) is 0 Å². The molecule has 2 unspecified atom stereocenters. The molecule has 0 spiro atoms. The molecule has 2 N–H and O–H groups in total. The number of rotatable bonds is 7. The van der Waals surface area contributed by atoms with Crippen LogP contribution in [-0.2, 0) is 4.74 Å². The normalized spacial score (nSPS) is 24.1. The number of aliphatic hydroxyl groups excluding tert-OH is 1. The van der Waals surface area contributed by atoms with E-state index in [0.717, 1.165) is 19.3 Å². The number of likely N-dealkylation sites (tertiary alicyclic amines) is 1. The standard InChI is InChI=1S/C16H29NO4/c1-5-12(18)8-6-7-11-21-13-9-10-17(15(19)20)14(13)16(2,3)4/h5,12-14,18H,1,6-11H2,2-4H3,(H,19,20)/t12?,13-,14?/m1/s1. The highest BCUT2D eigenvalue weighted by molar-refractivity contribution is 5.66. The van der Waals surface area contributed by atoms with Crippen molar-refractivity contribution in [1.82, 2.24) is 4.90 Å². The Morgan fingerprint density at radius 3 is 2.67 bits per heavy atom. The first-order chi connectivity index (χ1) is 9.77. The molecule has 1 saturated heterocycles. The second-order valence-corrected chi connectivity index (χ2v) is 6.78. The molecule has 0 bridgehead atoms. The number of nitrogens with zero attached hydrogens (tertiary/aromatic N) is 1. The van der Waals surface area contributed by atoms with Crippen molar-refractivity contribution in [2.24, 2.45) is 5.41 Å². The van der Waals surface area contributed by atoms with E-state index in [1.54, 1.807) is 0 Å². The minimum absolute atomic E-state index is 0.0366. The number of hydrogen-bond acceptors (Lipinski definition) is 3. The van der Waals surface area contributed by atoms with Crippen molar-refractivity contribution in [3.8, 4) is 0 Å². The zero-order chi connectivity index (χ0) is 16.0. The van der Waals surface area contributed by atoms with Crippen LogP contribution in [0, 0.1) is 5.41 Å². The van der Waals surface area contributed by atoms with E-state index < -0.39 is 12.2 Å². The molecule has 5 heteroatoms. The Kier molecular flexibility index (Phi) is 6.68. The zero-order valence-corrected chi connectivity index (χ0v) is 13.4. The fraction of sp³-hybridized carbons (Fsp3) is 0.812. The summed E-state index contributed by atoms with van der Waals surface area (Å²) in [6, 6.07) is -0.103. The second kappa shape index (κ2) is 7.80. The molecule has 0 aromatic heterocycles. The van der Waals surface area contributed by atoms with Crippen LogP contribution in [0.15, 0.2) is 12.7 Å². The van der Waals surface area contributed by atoms with Crippen molar-refractivity contribution in [2.75, 3.05) is 13.2 Å². The molecule has 122 valence electrons. The van der Waals surface area contributed by atoms with E-state index in [-0.39, 0.29) is 17.6 Å². The first-order valence-corrected chi connectivity index (χ1v) is 7.69. The summed E-state index contributed by atoms with van der Waals surface area (Å²) in [7, 11) is 0. The summed E-state index contributed by atoms with van der Waals surface area (Å²) in [5.41, 5.74) is -0.140. The number of amides is 1. The molecule has 0 radical (unpaired) electrons. The highest BCUT2D eigenvalue weighted by Gasteiger charge is 2.44. The average Bonchev–Trinajstić information content (AvgIpc) is 2.82. The van der Waals surface area contributed by atoms with Gasteiger partial charge < -0.3 is 19.8 Å². The van der Waals surface area contributed by atoms with Crippen LogP contribution >= 0.6 is 0 Å². The third kappa shape index (κ3) is 5.32. The first kappa shape index (κ1) is 18.0. The van der Waals surface area contributed by atoms with Crippen LogP contribution in [0.4, 0.5) is 4.79 Å². The Labute approximate surface area is 127 Å². The quantitative estimate of drug-likeness (QED) is 0.560. The summed E-state index contributed by atoms with van der Waals surface area (Å²) in [6.07, 6.45) is 3.39. The molecule has 0 aromatic rings. The largest absolute Gasteiger partial charge is 0.465 e. The van der Waals surface area contributed by atoms with Gasteiger partial charge in [-0.2, -0.15) is 0 Å². The molecule has 1 aliphatic heterocycles. The van der Waals surface area contributed by atoms with Gasteiger partial charge in [0.1, 0.15) is 0 Å². The Bertz CT molecular complexity index is 351. The van der Waals surface area contributed by atoms with E-state index in [2.05, 4.69) is 27.4 Å². The molecule has 0 aliphatic carbocycles. The number of ether oxygens (including phenoxy) is 1. The van der Waals surface area contributed by atoms with Gasteiger partial charge in [-0.15, -0.1) is 6.58 Å². The molecule has 1 fully saturated rings. The van der Waals surface area contributed by atoms with Gasteiger partial charge in [0, 0.05) is 13.2 Å². The number of hydrogen-bond donors (Lipinski definition) is 2. The van der Waals surface area contributed by atoms with Crippen LogP contribution in [0.1, 0.15) is 46.5 Å². The van der Waals surface area contributed by atoms with Crippen molar-refractivity contribution >= 4 is 6.09 Å². The van der Waals surface area contributed by atoms with Gasteiger partial charge in [0.15, 0.2) is 0 Å². The average molecular weight is 299 g/mol. The molecule has 1 heterocycles. The number of carbonyl (C=O) groups is 1. The van der Waals surface area contributed by atoms with Gasteiger partial charge in [-0.05, 0) is 31.1 Å². The SMILES string of the molecule is C=CC(O)CCCCO[C@@H]1CCN(C(=O)O)C1C(C)(C)C. The van der Waals surface area contributed by atoms with Gasteiger partial charge in [0.05, 0.1) is 18.2 Å². The Balaban J connectivity index is 2.43. The predicted molar refractivity (Wildman–Crippen MR) is 82.4 cm³/mol. The summed E-state index contributed by atoms with van der Waals surface area (Å²) < 4.78 is 5.93. The molecule has 3 atom stereocenters. The lowest BCUT2D eigenvalue weighted by atomic mass is 9.84. The molecule has 1 aliphatic rings. The van der Waals surface area contributed by atoms with Crippen LogP contribution in [0.5, 0.6) is 0 Å². The first-order valence-electron chi connectivity index (χ1n) is 7.69. The Morgan fingerprint density at radius 2 is 2.14 bits per heavy atom. The van der Waals surface area contributed by atoms with Crippen molar-refractivity contribution in [1.29, 1.82) is 0 Å². The Morgan fingerprint density at radius 1 is 1.48 bits per heavy atom. The highest BCUT2D eigenvalue weighted by Crippen LogP contribution is 2.34. The van der Waals surface area contributed by atoms with Gasteiger partial charge in [-0.3, -0.25) is 0 Å². The van der Waals surface area contributed by atoms with Crippen molar-refractivity contribution in [2.45, 2.75) is 64.7 Å². The van der Waals surface area contributed by atoms with Crippen LogP contribution < -0.4 is 0 Å². The maximum absolute atomic E-state index is 11.3. The predicted octanol–water partition coefficient (Wildman–Crippen LogP) is 2.89. The molecule has 1 rings (SSSR count). The van der Waals surface area contributed by atoms with Crippen LogP contribution in [0.2, 0.25) is 0 Å². The van der Waals surface area contributed by atoms with Crippen molar-refractivity contribution in [3.63, 3.8) is 0 Å². The summed E-state index contributed by atoms with van der Waals surface area (Å²) in [5.74, 6) is 0. The van der Waals surface area contributed by atoms with Gasteiger partial charge in [0.2, 0.25) is 0 Å². The maximum atomic E-state index is 11.3. The number of aliphatic hydroxyl groups is 1. The molecule has 0 aromatic carbocycles. The third-order valence-corrected chi connectivity index (χ3v) is 3.97. The van der Waals surface area contributed by atoms with Gasteiger partial charge in [0.25, 0.3) is 0 Å². The van der Waals surface area contributed by atoms with E-state index in [1.807, 2.05) is 0 Å². The third-order valence-electron chi connectivity index (χ3n) is 3.97. The topological polar surface area (TPSA) is 70.0 Å². The van der Waals surface area contributed by atoms with Gasteiger partial charge >= 0.3 is 6.09 Å². The fourth-order valence-corrected chi connectivity index (χ4v) is 2.99. The minimum atomic E-state index is -0.866. The minimum Gasteiger partial charge on any atom is -0.465 e. The summed E-state index contributed by atoms with van der Waals surface area (Å²) in [4.78, 5) is 12.8. The van der Waals surface area contributed by atoms with E-state index >= 15 is 0 Å². The van der Waals surface area contributed by atoms with Crippen LogP contribution in [-0.4, -0.2) is 52.6 Å². The van der Waals surface area contributed by atoms with Gasteiger partial charge in [-0.1, -0.05) is 26.8 Å². The molecular formula is C16H29NO4. The second-order valence-electron chi connectivity index (χ2n) is 6.78. The molecule has 1 amide bonds. The lowest BCUT2D eigenvalue weighted by molar-refractivity contribution is -0.00937. The van der Waals surface area contributed by atoms with Crippen molar-refractivity contribution in [3.05, 3.63) is 12.7 Å². The smallest absolute Gasteiger partial charge is 0.407 e. The van der Waals surface area contributed by atoms with Crippen LogP contribution in [0.3, 0.4) is 0 Å². The lowest BCUT2D eigenvalue weighted by Gasteiger charge is -2.36. The summed E-state index contributed by atoms with van der Waals surface area (Å²) in [5, 5.41) is 18.7. The summed E-state index contributed by atoms with van der Waals surface area (Å²) in [6.45, 7) is 10.8. The maximum Gasteiger partial charge on any atom is 0.407 e. The highest BCUT2D eigenvalue weighted by atomic mass is 16.5. The molecule has 21 heavy (non-hydrogen) atoms.